The van der Waals surface area contributed by atoms with Gasteiger partial charge in [0.1, 0.15) is 0 Å². The van der Waals surface area contributed by atoms with Crippen molar-refractivity contribution in [1.82, 2.24) is 4.98 Å². The number of aliphatic hydroxyl groups excluding tert-OH is 1. The summed E-state index contributed by atoms with van der Waals surface area (Å²) in [5.41, 5.74) is 3.62. The Kier molecular flexibility index (Phi) is 13.6. The minimum atomic E-state index is 0. The summed E-state index contributed by atoms with van der Waals surface area (Å²) in [7, 11) is 0. The van der Waals surface area contributed by atoms with E-state index in [9.17, 15) is 9.90 Å². The molecule has 3 nitrogen and oxygen atoms in total. The Morgan fingerprint density at radius 2 is 1.46 bits per heavy atom. The smallest absolute Gasteiger partial charge is 0.162 e. The molecule has 3 saturated carbocycles. The number of carbonyl (C=O) groups is 1. The zero-order chi connectivity index (χ0) is 30.3. The van der Waals surface area contributed by atoms with Gasteiger partial charge in [-0.25, -0.2) is 0 Å². The first kappa shape index (κ1) is 36.0. The summed E-state index contributed by atoms with van der Waals surface area (Å²) in [4.78, 5) is 16.8. The number of rotatable bonds is 5. The summed E-state index contributed by atoms with van der Waals surface area (Å²) >= 11 is 0. The molecule has 1 heterocycles. The fourth-order valence-corrected chi connectivity index (χ4v) is 7.77. The van der Waals surface area contributed by atoms with E-state index in [-0.39, 0.29) is 45.2 Å². The average Bonchev–Trinajstić information content (AvgIpc) is 3.09. The van der Waals surface area contributed by atoms with Gasteiger partial charge in [0.25, 0.3) is 0 Å². The van der Waals surface area contributed by atoms with Crippen LogP contribution in [-0.2, 0) is 24.9 Å². The minimum Gasteiger partial charge on any atom is -0.512 e. The standard InChI is InChI=1S/C26H24N.C15H24O2.CH4.Ir/c1-18-9-11-19(12-10-18)21-13-14-24-22(17-21)15-16-27-26(24)25-8-4-6-20-5-2-3-7-23(20)25;16-14(12-7-3-1-4-8-12)11-15(17)13-9-5-2-6-10-13;;/h2-7,13-19H,9-12H2,1H3;11-13,16H,1-10H2;1H4;/q-1;;;. The summed E-state index contributed by atoms with van der Waals surface area (Å²) in [6.07, 6.45) is 20.3. The van der Waals surface area contributed by atoms with Crippen LogP contribution < -0.4 is 0 Å². The van der Waals surface area contributed by atoms with Gasteiger partial charge in [0.15, 0.2) is 5.78 Å². The molecule has 1 radical (unpaired) electrons. The number of fused-ring (bicyclic) bond motifs is 2. The van der Waals surface area contributed by atoms with Crippen molar-refractivity contribution in [2.45, 2.75) is 110 Å². The van der Waals surface area contributed by atoms with Crippen molar-refractivity contribution in [3.63, 3.8) is 0 Å². The second-order valence-electron chi connectivity index (χ2n) is 13.7. The molecule has 3 aliphatic carbocycles. The van der Waals surface area contributed by atoms with Crippen LogP contribution in [0.25, 0.3) is 32.8 Å². The maximum absolute atomic E-state index is 12.0. The summed E-state index contributed by atoms with van der Waals surface area (Å²) in [6, 6.07) is 25.2. The maximum atomic E-state index is 12.0. The number of carbonyl (C=O) groups excluding carboxylic acids is 1. The summed E-state index contributed by atoms with van der Waals surface area (Å²) < 4.78 is 0. The predicted octanol–water partition coefficient (Wildman–Crippen LogP) is 11.9. The largest absolute Gasteiger partial charge is 0.512 e. The molecule has 0 amide bonds. The third kappa shape index (κ3) is 8.75. The van der Waals surface area contributed by atoms with E-state index in [4.69, 9.17) is 4.98 Å². The van der Waals surface area contributed by atoms with Gasteiger partial charge in [0.2, 0.25) is 0 Å². The molecule has 4 aromatic rings. The number of allylic oxidation sites excluding steroid dienone is 2. The average molecular weight is 795 g/mol. The number of ketones is 1. The molecule has 0 unspecified atom stereocenters. The Morgan fingerprint density at radius 1 is 0.783 bits per heavy atom. The van der Waals surface area contributed by atoms with Crippen LogP contribution in [0.5, 0.6) is 0 Å². The van der Waals surface area contributed by atoms with Gasteiger partial charge in [-0.15, -0.1) is 29.1 Å². The van der Waals surface area contributed by atoms with Gasteiger partial charge in [-0.1, -0.05) is 114 Å². The van der Waals surface area contributed by atoms with Gasteiger partial charge in [-0.3, -0.25) is 4.79 Å². The SMILES string of the molecule is C.CC1CCC(c2ccc3c(-c4[c-]ccc5ccccc45)nccc3c2)CC1.O=C(C=C(O)C1CCCCC1)C1CCCCC1.[Ir]. The van der Waals surface area contributed by atoms with Crippen LogP contribution in [0, 0.1) is 23.8 Å². The molecule has 3 aromatic carbocycles. The molecule has 0 bridgehead atoms. The van der Waals surface area contributed by atoms with E-state index in [0.717, 1.165) is 42.9 Å². The maximum Gasteiger partial charge on any atom is 0.162 e. The number of pyridine rings is 1. The Morgan fingerprint density at radius 3 is 2.17 bits per heavy atom. The van der Waals surface area contributed by atoms with E-state index in [1.54, 1.807) is 6.08 Å². The Labute approximate surface area is 290 Å². The van der Waals surface area contributed by atoms with Crippen molar-refractivity contribution < 1.29 is 30.0 Å². The van der Waals surface area contributed by atoms with Crippen LogP contribution >= 0.6 is 0 Å². The number of nitrogens with zero attached hydrogens (tertiary/aromatic N) is 1. The molecule has 7 rings (SSSR count). The molecule has 4 heteroatoms. The van der Waals surface area contributed by atoms with Crippen molar-refractivity contribution in [2.24, 2.45) is 17.8 Å². The molecular formula is C42H52IrNO2-. The Hall–Kier alpha value is -2.81. The fraction of sp³-hybridized carbons (Fsp3) is 0.476. The van der Waals surface area contributed by atoms with Gasteiger partial charge in [0, 0.05) is 44.2 Å². The molecule has 3 aliphatic rings. The van der Waals surface area contributed by atoms with Crippen molar-refractivity contribution >= 4 is 27.3 Å². The molecule has 0 atom stereocenters. The summed E-state index contributed by atoms with van der Waals surface area (Å²) in [5.74, 6) is 2.59. The molecule has 0 spiro atoms. The molecule has 1 aromatic heterocycles. The van der Waals surface area contributed by atoms with Gasteiger partial charge in [-0.2, -0.15) is 0 Å². The Balaban J connectivity index is 0.000000221. The fourth-order valence-electron chi connectivity index (χ4n) is 7.77. The number of benzene rings is 3. The Bertz CT molecular complexity index is 1580. The topological polar surface area (TPSA) is 50.2 Å². The van der Waals surface area contributed by atoms with Crippen LogP contribution in [0.15, 0.2) is 78.7 Å². The third-order valence-corrected chi connectivity index (χ3v) is 10.6. The van der Waals surface area contributed by atoms with Crippen molar-refractivity contribution in [3.05, 3.63) is 90.3 Å². The molecular weight excluding hydrogens is 743 g/mol. The molecule has 46 heavy (non-hydrogen) atoms. The van der Waals surface area contributed by atoms with Crippen LogP contribution in [0.2, 0.25) is 0 Å². The van der Waals surface area contributed by atoms with E-state index in [1.165, 1.54) is 91.3 Å². The van der Waals surface area contributed by atoms with Gasteiger partial charge in [0.05, 0.1) is 5.76 Å². The number of hydrogen-bond acceptors (Lipinski definition) is 3. The van der Waals surface area contributed by atoms with Crippen LogP contribution in [0.4, 0.5) is 0 Å². The first-order valence-electron chi connectivity index (χ1n) is 17.3. The van der Waals surface area contributed by atoms with Crippen molar-refractivity contribution in [3.8, 4) is 11.3 Å². The van der Waals surface area contributed by atoms with Crippen LogP contribution in [0.1, 0.15) is 116 Å². The third-order valence-electron chi connectivity index (χ3n) is 10.6. The first-order valence-corrected chi connectivity index (χ1v) is 17.3. The normalized spacial score (nSPS) is 21.0. The molecule has 0 saturated heterocycles. The van der Waals surface area contributed by atoms with E-state index < -0.39 is 0 Å². The summed E-state index contributed by atoms with van der Waals surface area (Å²) in [6.45, 7) is 2.38. The van der Waals surface area contributed by atoms with Crippen LogP contribution in [0.3, 0.4) is 0 Å². The van der Waals surface area contributed by atoms with E-state index >= 15 is 0 Å². The van der Waals surface area contributed by atoms with Crippen molar-refractivity contribution in [2.75, 3.05) is 0 Å². The van der Waals surface area contributed by atoms with Crippen LogP contribution in [-0.4, -0.2) is 15.9 Å². The second kappa shape index (κ2) is 17.4. The zero-order valence-electron chi connectivity index (χ0n) is 26.8. The van der Waals surface area contributed by atoms with Crippen molar-refractivity contribution in [1.29, 1.82) is 0 Å². The number of aromatic nitrogens is 1. The summed E-state index contributed by atoms with van der Waals surface area (Å²) in [5, 5.41) is 15.0. The predicted molar refractivity (Wildman–Crippen MR) is 189 cm³/mol. The zero-order valence-corrected chi connectivity index (χ0v) is 29.2. The minimum absolute atomic E-state index is 0. The van der Waals surface area contributed by atoms with E-state index in [0.29, 0.717) is 11.7 Å². The quantitative estimate of drug-likeness (QED) is 0.124. The second-order valence-corrected chi connectivity index (χ2v) is 13.7. The van der Waals surface area contributed by atoms with Gasteiger partial charge < -0.3 is 10.1 Å². The van der Waals surface area contributed by atoms with Gasteiger partial charge in [-0.05, 0) is 78.5 Å². The number of hydrogen-bond donors (Lipinski definition) is 1. The van der Waals surface area contributed by atoms with E-state index in [2.05, 4.69) is 67.6 Å². The van der Waals surface area contributed by atoms with E-state index in [1.807, 2.05) is 12.3 Å². The first-order chi connectivity index (χ1) is 21.6. The van der Waals surface area contributed by atoms with Gasteiger partial charge >= 0.3 is 0 Å². The monoisotopic (exact) mass is 795 g/mol. The molecule has 1 N–H and O–H groups in total. The molecule has 247 valence electrons. The molecule has 0 aliphatic heterocycles. The number of aliphatic hydroxyl groups is 1. The molecule has 3 fully saturated rings.